The Morgan fingerprint density at radius 2 is 2.00 bits per heavy atom. The molecule has 8 nitrogen and oxygen atoms in total. The van der Waals surface area contributed by atoms with Gasteiger partial charge >= 0.3 is 0 Å². The topological polar surface area (TPSA) is 118 Å². The number of rotatable bonds is 5. The summed E-state index contributed by atoms with van der Waals surface area (Å²) in [6.45, 7) is 5.64. The maximum atomic E-state index is 13.7. The minimum Gasteiger partial charge on any atom is -0.355 e. The van der Waals surface area contributed by atoms with E-state index in [4.69, 9.17) is 0 Å². The van der Waals surface area contributed by atoms with Crippen LogP contribution in [0.5, 0.6) is 0 Å². The van der Waals surface area contributed by atoms with Gasteiger partial charge in [0.2, 0.25) is 17.7 Å². The molecule has 1 aromatic rings. The van der Waals surface area contributed by atoms with E-state index in [1.54, 1.807) is 19.1 Å². The molecule has 1 aromatic heterocycles. The Bertz CT molecular complexity index is 1020. The van der Waals surface area contributed by atoms with E-state index in [1.165, 1.54) is 4.90 Å². The van der Waals surface area contributed by atoms with Gasteiger partial charge < -0.3 is 20.5 Å². The molecule has 1 spiro atoms. The predicted molar refractivity (Wildman–Crippen MR) is 114 cm³/mol. The fourth-order valence-corrected chi connectivity index (χ4v) is 5.67. The van der Waals surface area contributed by atoms with Crippen LogP contribution in [0.3, 0.4) is 0 Å². The van der Waals surface area contributed by atoms with Crippen molar-refractivity contribution in [2.24, 2.45) is 11.3 Å². The van der Waals surface area contributed by atoms with Crippen molar-refractivity contribution in [3.05, 3.63) is 23.5 Å². The smallest absolute Gasteiger partial charge is 0.270 e. The highest BCUT2D eigenvalue weighted by Crippen LogP contribution is 2.58. The van der Waals surface area contributed by atoms with Crippen molar-refractivity contribution >= 4 is 17.7 Å². The molecule has 0 aromatic carbocycles. The van der Waals surface area contributed by atoms with Crippen LogP contribution >= 0.6 is 0 Å². The van der Waals surface area contributed by atoms with Gasteiger partial charge in [0.1, 0.15) is 17.8 Å². The highest BCUT2D eigenvalue weighted by atomic mass is 19.3. The molecular formula is C23H29F2N5O3. The van der Waals surface area contributed by atoms with Crippen LogP contribution in [0.25, 0.3) is 0 Å². The van der Waals surface area contributed by atoms with E-state index >= 15 is 0 Å². The van der Waals surface area contributed by atoms with Gasteiger partial charge in [-0.05, 0) is 52.2 Å². The number of halogens is 2. The van der Waals surface area contributed by atoms with Crippen LogP contribution < -0.4 is 10.6 Å². The average Bonchev–Trinajstić information content (AvgIpc) is 3.35. The van der Waals surface area contributed by atoms with Crippen molar-refractivity contribution in [2.45, 2.75) is 76.4 Å². The Kier molecular flexibility index (Phi) is 5.50. The van der Waals surface area contributed by atoms with Crippen molar-refractivity contribution < 1.29 is 23.2 Å². The second kappa shape index (κ2) is 7.82. The fourth-order valence-electron chi connectivity index (χ4n) is 5.67. The lowest BCUT2D eigenvalue weighted by molar-refractivity contribution is -0.155. The summed E-state index contributed by atoms with van der Waals surface area (Å²) < 4.78 is 27.4. The lowest BCUT2D eigenvalue weighted by Crippen LogP contribution is -2.49. The molecular weight excluding hydrogens is 432 g/mol. The number of aromatic amines is 1. The molecule has 3 N–H and O–H groups in total. The molecule has 3 amide bonds. The van der Waals surface area contributed by atoms with Gasteiger partial charge in [0.25, 0.3) is 5.91 Å². The summed E-state index contributed by atoms with van der Waals surface area (Å²) in [5.41, 5.74) is -0.127. The quantitative estimate of drug-likeness (QED) is 0.623. The molecule has 0 bridgehead atoms. The van der Waals surface area contributed by atoms with Gasteiger partial charge in [-0.25, -0.2) is 8.78 Å². The second-order valence-corrected chi connectivity index (χ2v) is 10.6. The Balaban J connectivity index is 1.49. The molecule has 4 rings (SSSR count). The molecule has 1 aliphatic carbocycles. The number of hydrogen-bond donors (Lipinski definition) is 3. The maximum Gasteiger partial charge on any atom is 0.270 e. The van der Waals surface area contributed by atoms with Crippen LogP contribution in [0.2, 0.25) is 0 Å². The number of aryl methyl sites for hydroxylation is 1. The number of amides is 3. The van der Waals surface area contributed by atoms with Gasteiger partial charge in [-0.2, -0.15) is 5.26 Å². The highest BCUT2D eigenvalue weighted by molar-refractivity contribution is 5.97. The number of nitrogens with zero attached hydrogens (tertiary/aromatic N) is 2. The molecule has 1 saturated carbocycles. The summed E-state index contributed by atoms with van der Waals surface area (Å²) in [5.74, 6) is -4.35. The molecule has 3 atom stereocenters. The maximum absolute atomic E-state index is 13.7. The standard InChI is InChI=1S/C23H29F2N5O3/c1-13-4-5-16(27-13)20(33)30-12-22(10-23(24,25)11-22)8-17(30)19(32)28-15(9-26)6-14-7-21(2,3)29-18(14)31/h4-5,14-15,17,27H,6-8,10-12H2,1-3H3,(H,28,32)(H,29,31). The van der Waals surface area contributed by atoms with E-state index in [9.17, 15) is 28.4 Å². The number of aromatic nitrogens is 1. The van der Waals surface area contributed by atoms with Crippen molar-refractivity contribution in [1.29, 1.82) is 5.26 Å². The minimum atomic E-state index is -2.79. The Labute approximate surface area is 191 Å². The molecule has 0 radical (unpaired) electrons. The van der Waals surface area contributed by atoms with E-state index in [1.807, 2.05) is 19.9 Å². The number of H-pyrrole nitrogens is 1. The number of nitrogens with one attached hydrogen (secondary N) is 3. The average molecular weight is 462 g/mol. The zero-order valence-electron chi connectivity index (χ0n) is 19.0. The number of hydrogen-bond acceptors (Lipinski definition) is 4. The molecule has 3 unspecified atom stereocenters. The molecule has 2 aliphatic heterocycles. The van der Waals surface area contributed by atoms with E-state index in [-0.39, 0.29) is 49.4 Å². The highest BCUT2D eigenvalue weighted by Gasteiger charge is 2.62. The first kappa shape index (κ1) is 23.2. The second-order valence-electron chi connectivity index (χ2n) is 10.6. The number of carbonyl (C=O) groups excluding carboxylic acids is 3. The Morgan fingerprint density at radius 3 is 2.52 bits per heavy atom. The van der Waals surface area contributed by atoms with Gasteiger partial charge in [0.05, 0.1) is 6.07 Å². The van der Waals surface area contributed by atoms with Crippen molar-refractivity contribution in [2.75, 3.05) is 6.54 Å². The van der Waals surface area contributed by atoms with E-state index in [2.05, 4.69) is 15.6 Å². The normalized spacial score (nSPS) is 27.5. The van der Waals surface area contributed by atoms with Gasteiger partial charge in [-0.3, -0.25) is 14.4 Å². The molecule has 33 heavy (non-hydrogen) atoms. The lowest BCUT2D eigenvalue weighted by atomic mass is 9.65. The van der Waals surface area contributed by atoms with Crippen LogP contribution in [0.1, 0.15) is 62.1 Å². The molecule has 10 heteroatoms. The van der Waals surface area contributed by atoms with Crippen LogP contribution in [0.15, 0.2) is 12.1 Å². The molecule has 3 aliphatic rings. The summed E-state index contributed by atoms with van der Waals surface area (Å²) >= 11 is 0. The Morgan fingerprint density at radius 1 is 1.30 bits per heavy atom. The van der Waals surface area contributed by atoms with Gasteiger partial charge in [0, 0.05) is 42.0 Å². The summed E-state index contributed by atoms with van der Waals surface area (Å²) in [6, 6.07) is 3.48. The third-order valence-corrected chi connectivity index (χ3v) is 6.98. The largest absolute Gasteiger partial charge is 0.355 e. The Hall–Kier alpha value is -2.96. The summed E-state index contributed by atoms with van der Waals surface area (Å²) in [4.78, 5) is 42.8. The summed E-state index contributed by atoms with van der Waals surface area (Å²) in [7, 11) is 0. The number of likely N-dealkylation sites (tertiary alicyclic amines) is 1. The molecule has 3 fully saturated rings. The molecule has 2 saturated heterocycles. The van der Waals surface area contributed by atoms with Crippen molar-refractivity contribution in [3.63, 3.8) is 0 Å². The number of carbonyl (C=O) groups is 3. The predicted octanol–water partition coefficient (Wildman–Crippen LogP) is 2.27. The van der Waals surface area contributed by atoms with Crippen LogP contribution in [-0.4, -0.2) is 57.7 Å². The van der Waals surface area contributed by atoms with Crippen molar-refractivity contribution in [3.8, 4) is 6.07 Å². The zero-order valence-corrected chi connectivity index (χ0v) is 19.0. The van der Waals surface area contributed by atoms with Crippen LogP contribution in [0, 0.1) is 29.6 Å². The SMILES string of the molecule is Cc1ccc(C(=O)N2CC3(CC2C(=O)NC(C#N)CC2CC(C)(C)NC2=O)CC(F)(F)C3)[nH]1. The molecule has 3 heterocycles. The van der Waals surface area contributed by atoms with Crippen LogP contribution in [-0.2, 0) is 9.59 Å². The first-order chi connectivity index (χ1) is 15.3. The van der Waals surface area contributed by atoms with E-state index < -0.39 is 41.2 Å². The monoisotopic (exact) mass is 461 g/mol. The first-order valence-corrected chi connectivity index (χ1v) is 11.2. The van der Waals surface area contributed by atoms with E-state index in [0.717, 1.165) is 5.69 Å². The zero-order chi connectivity index (χ0) is 24.2. The van der Waals surface area contributed by atoms with Crippen molar-refractivity contribution in [1.82, 2.24) is 20.5 Å². The minimum absolute atomic E-state index is 0.0635. The lowest BCUT2D eigenvalue weighted by Gasteiger charge is -2.44. The van der Waals surface area contributed by atoms with Crippen LogP contribution in [0.4, 0.5) is 8.78 Å². The first-order valence-electron chi connectivity index (χ1n) is 11.2. The van der Waals surface area contributed by atoms with E-state index in [0.29, 0.717) is 6.42 Å². The fraction of sp³-hybridized carbons (Fsp3) is 0.652. The summed E-state index contributed by atoms with van der Waals surface area (Å²) in [6.07, 6.45) is 0.0804. The summed E-state index contributed by atoms with van der Waals surface area (Å²) in [5, 5.41) is 15.1. The number of alkyl halides is 2. The van der Waals surface area contributed by atoms with Gasteiger partial charge in [-0.15, -0.1) is 0 Å². The third-order valence-electron chi connectivity index (χ3n) is 6.98. The van der Waals surface area contributed by atoms with Gasteiger partial charge in [0.15, 0.2) is 0 Å². The number of nitriles is 1. The van der Waals surface area contributed by atoms with Gasteiger partial charge in [-0.1, -0.05) is 0 Å². The third kappa shape index (κ3) is 4.59. The molecule has 178 valence electrons.